The Bertz CT molecular complexity index is 463. The number of nitrogens with zero attached hydrogens (tertiary/aromatic N) is 2. The molecule has 0 spiro atoms. The van der Waals surface area contributed by atoms with Crippen LogP contribution in [0.3, 0.4) is 0 Å². The largest absolute Gasteiger partial charge is 0.370 e. The summed E-state index contributed by atoms with van der Waals surface area (Å²) in [6, 6.07) is 6.10. The van der Waals surface area contributed by atoms with Crippen LogP contribution < -0.4 is 10.6 Å². The van der Waals surface area contributed by atoms with E-state index in [1.807, 2.05) is 12.1 Å². The van der Waals surface area contributed by atoms with E-state index >= 15 is 0 Å². The number of aromatic nitrogens is 1. The number of likely N-dealkylation sites (tertiary alicyclic amines) is 1. The maximum atomic E-state index is 11.8. The number of hydrogen-bond acceptors (Lipinski definition) is 4. The monoisotopic (exact) mass is 290 g/mol. The Labute approximate surface area is 127 Å². The lowest BCUT2D eigenvalue weighted by atomic mass is 9.97. The molecular weight excluding hydrogens is 264 g/mol. The van der Waals surface area contributed by atoms with Gasteiger partial charge in [-0.1, -0.05) is 13.0 Å². The van der Waals surface area contributed by atoms with Crippen molar-refractivity contribution >= 4 is 11.7 Å². The van der Waals surface area contributed by atoms with E-state index in [2.05, 4.69) is 33.5 Å². The third-order valence-electron chi connectivity index (χ3n) is 3.87. The van der Waals surface area contributed by atoms with Crippen LogP contribution in [0.1, 0.15) is 31.9 Å². The Morgan fingerprint density at radius 1 is 1.48 bits per heavy atom. The molecule has 0 bridgehead atoms. The molecule has 1 aromatic rings. The zero-order valence-electron chi connectivity index (χ0n) is 13.1. The standard InChI is InChI=1S/C16H26N4O/c1-3-9-18-15-8-4-7-14(19-15)12-20-10-5-6-13(11-20)16(21)17-2/h4,7-8,13H,3,5-6,9-12H2,1-2H3,(H,17,21)(H,18,19). The number of carbonyl (C=O) groups is 1. The highest BCUT2D eigenvalue weighted by molar-refractivity contribution is 5.78. The van der Waals surface area contributed by atoms with Crippen molar-refractivity contribution in [3.63, 3.8) is 0 Å². The molecule has 116 valence electrons. The quantitative estimate of drug-likeness (QED) is 0.839. The number of hydrogen-bond donors (Lipinski definition) is 2. The Hall–Kier alpha value is -1.62. The first kappa shape index (κ1) is 15.8. The van der Waals surface area contributed by atoms with Crippen LogP contribution in [0.5, 0.6) is 0 Å². The third kappa shape index (κ3) is 4.70. The van der Waals surface area contributed by atoms with E-state index in [0.717, 1.165) is 57.0 Å². The molecule has 0 aromatic carbocycles. The minimum absolute atomic E-state index is 0.116. The fraction of sp³-hybridized carbons (Fsp3) is 0.625. The molecule has 1 aliphatic rings. The molecule has 2 N–H and O–H groups in total. The van der Waals surface area contributed by atoms with Crippen molar-refractivity contribution in [3.8, 4) is 0 Å². The minimum Gasteiger partial charge on any atom is -0.370 e. The van der Waals surface area contributed by atoms with E-state index in [4.69, 9.17) is 0 Å². The van der Waals surface area contributed by atoms with Crippen molar-refractivity contribution in [2.75, 3.05) is 32.0 Å². The highest BCUT2D eigenvalue weighted by Gasteiger charge is 2.25. The molecule has 1 saturated heterocycles. The van der Waals surface area contributed by atoms with Crippen LogP contribution in [0.2, 0.25) is 0 Å². The van der Waals surface area contributed by atoms with E-state index in [1.165, 1.54) is 0 Å². The van der Waals surface area contributed by atoms with E-state index < -0.39 is 0 Å². The smallest absolute Gasteiger partial charge is 0.224 e. The molecule has 1 aliphatic heterocycles. The van der Waals surface area contributed by atoms with E-state index in [0.29, 0.717) is 0 Å². The Balaban J connectivity index is 1.93. The second kappa shape index (κ2) is 7.98. The van der Waals surface area contributed by atoms with Gasteiger partial charge in [-0.15, -0.1) is 0 Å². The zero-order chi connectivity index (χ0) is 15.1. The molecule has 1 aromatic heterocycles. The van der Waals surface area contributed by atoms with Crippen LogP contribution in [0.25, 0.3) is 0 Å². The summed E-state index contributed by atoms with van der Waals surface area (Å²) < 4.78 is 0. The van der Waals surface area contributed by atoms with Gasteiger partial charge in [0, 0.05) is 26.7 Å². The highest BCUT2D eigenvalue weighted by atomic mass is 16.1. The second-order valence-electron chi connectivity index (χ2n) is 5.63. The van der Waals surface area contributed by atoms with E-state index in [-0.39, 0.29) is 11.8 Å². The average Bonchev–Trinajstić information content (AvgIpc) is 2.53. The Kier molecular flexibility index (Phi) is 5.99. The van der Waals surface area contributed by atoms with Crippen LogP contribution in [-0.4, -0.2) is 42.5 Å². The minimum atomic E-state index is 0.116. The molecule has 0 aliphatic carbocycles. The first-order chi connectivity index (χ1) is 10.2. The van der Waals surface area contributed by atoms with E-state index in [1.54, 1.807) is 7.05 Å². The van der Waals surface area contributed by atoms with Crippen molar-refractivity contribution in [3.05, 3.63) is 23.9 Å². The molecule has 1 atom stereocenters. The van der Waals surface area contributed by atoms with Gasteiger partial charge in [0.25, 0.3) is 0 Å². The lowest BCUT2D eigenvalue weighted by Gasteiger charge is -2.31. The van der Waals surface area contributed by atoms with Gasteiger partial charge in [0.15, 0.2) is 0 Å². The zero-order valence-corrected chi connectivity index (χ0v) is 13.1. The first-order valence-electron chi connectivity index (χ1n) is 7.86. The maximum absolute atomic E-state index is 11.8. The highest BCUT2D eigenvalue weighted by Crippen LogP contribution is 2.18. The van der Waals surface area contributed by atoms with Crippen molar-refractivity contribution in [1.82, 2.24) is 15.2 Å². The summed E-state index contributed by atoms with van der Waals surface area (Å²) >= 11 is 0. The number of nitrogens with one attached hydrogen (secondary N) is 2. The molecule has 1 unspecified atom stereocenters. The van der Waals surface area contributed by atoms with Crippen LogP contribution in [0, 0.1) is 5.92 Å². The second-order valence-corrected chi connectivity index (χ2v) is 5.63. The summed E-state index contributed by atoms with van der Waals surface area (Å²) in [7, 11) is 1.71. The summed E-state index contributed by atoms with van der Waals surface area (Å²) in [6.07, 6.45) is 3.15. The van der Waals surface area contributed by atoms with Gasteiger partial charge < -0.3 is 10.6 Å². The van der Waals surface area contributed by atoms with Gasteiger partial charge in [-0.3, -0.25) is 9.69 Å². The number of carbonyl (C=O) groups excluding carboxylic acids is 1. The van der Waals surface area contributed by atoms with Crippen LogP contribution in [-0.2, 0) is 11.3 Å². The van der Waals surface area contributed by atoms with Gasteiger partial charge in [-0.25, -0.2) is 4.98 Å². The van der Waals surface area contributed by atoms with Crippen molar-refractivity contribution in [2.45, 2.75) is 32.7 Å². The van der Waals surface area contributed by atoms with Gasteiger partial charge in [-0.05, 0) is 37.9 Å². The molecule has 1 fully saturated rings. The molecular formula is C16H26N4O. The van der Waals surface area contributed by atoms with Crippen LogP contribution >= 0.6 is 0 Å². The summed E-state index contributed by atoms with van der Waals surface area (Å²) in [4.78, 5) is 18.7. The van der Waals surface area contributed by atoms with Crippen LogP contribution in [0.15, 0.2) is 18.2 Å². The molecule has 1 amide bonds. The SMILES string of the molecule is CCCNc1cccc(CN2CCCC(C(=O)NC)C2)n1. The summed E-state index contributed by atoms with van der Waals surface area (Å²) in [5, 5.41) is 6.07. The molecule has 21 heavy (non-hydrogen) atoms. The maximum Gasteiger partial charge on any atom is 0.224 e. The molecule has 2 rings (SSSR count). The summed E-state index contributed by atoms with van der Waals surface area (Å²) in [5.41, 5.74) is 1.06. The van der Waals surface area contributed by atoms with Gasteiger partial charge in [0.2, 0.25) is 5.91 Å². The number of piperidine rings is 1. The number of pyridine rings is 1. The van der Waals surface area contributed by atoms with Gasteiger partial charge >= 0.3 is 0 Å². The van der Waals surface area contributed by atoms with Crippen molar-refractivity contribution in [1.29, 1.82) is 0 Å². The molecule has 2 heterocycles. The predicted molar refractivity (Wildman–Crippen MR) is 85.1 cm³/mol. The van der Waals surface area contributed by atoms with Crippen molar-refractivity contribution in [2.24, 2.45) is 5.92 Å². The summed E-state index contributed by atoms with van der Waals surface area (Å²) in [6.45, 7) is 5.77. The van der Waals surface area contributed by atoms with E-state index in [9.17, 15) is 4.79 Å². The predicted octanol–water partition coefficient (Wildman–Crippen LogP) is 1.86. The average molecular weight is 290 g/mol. The third-order valence-corrected chi connectivity index (χ3v) is 3.87. The van der Waals surface area contributed by atoms with Crippen LogP contribution in [0.4, 0.5) is 5.82 Å². The van der Waals surface area contributed by atoms with Gasteiger partial charge in [0.05, 0.1) is 11.6 Å². The lowest BCUT2D eigenvalue weighted by Crippen LogP contribution is -2.41. The Morgan fingerprint density at radius 2 is 2.33 bits per heavy atom. The first-order valence-corrected chi connectivity index (χ1v) is 7.86. The van der Waals surface area contributed by atoms with Gasteiger partial charge in [-0.2, -0.15) is 0 Å². The molecule has 0 saturated carbocycles. The fourth-order valence-electron chi connectivity index (χ4n) is 2.77. The van der Waals surface area contributed by atoms with Gasteiger partial charge in [0.1, 0.15) is 5.82 Å². The molecule has 0 radical (unpaired) electrons. The number of amides is 1. The fourth-order valence-corrected chi connectivity index (χ4v) is 2.77. The number of anilines is 1. The molecule has 5 nitrogen and oxygen atoms in total. The summed E-state index contributed by atoms with van der Waals surface area (Å²) in [5.74, 6) is 1.21. The topological polar surface area (TPSA) is 57.3 Å². The lowest BCUT2D eigenvalue weighted by molar-refractivity contribution is -0.126. The molecule has 5 heteroatoms. The number of rotatable bonds is 6. The normalized spacial score (nSPS) is 19.2. The van der Waals surface area contributed by atoms with Crippen molar-refractivity contribution < 1.29 is 4.79 Å². The Morgan fingerprint density at radius 3 is 3.10 bits per heavy atom.